The minimum absolute atomic E-state index is 0.132. The van der Waals surface area contributed by atoms with Gasteiger partial charge in [-0.25, -0.2) is 9.97 Å². The Morgan fingerprint density at radius 2 is 1.82 bits per heavy atom. The molecule has 0 unspecified atom stereocenters. The van der Waals surface area contributed by atoms with E-state index in [0.29, 0.717) is 33.6 Å². The van der Waals surface area contributed by atoms with Crippen LogP contribution in [0.15, 0.2) is 112 Å². The number of nitro groups is 1. The molecule has 3 aromatic carbocycles. The summed E-state index contributed by atoms with van der Waals surface area (Å²) in [6, 6.07) is 26.1. The molecule has 0 bridgehead atoms. The third kappa shape index (κ3) is 4.37. The average Bonchev–Trinajstić information content (AvgIpc) is 3.37. The third-order valence-corrected chi connectivity index (χ3v) is 5.73. The first-order valence-electron chi connectivity index (χ1n) is 11.5. The van der Waals surface area contributed by atoms with Crippen LogP contribution in [0.3, 0.4) is 0 Å². The van der Waals surface area contributed by atoms with Crippen LogP contribution in [0, 0.1) is 10.1 Å². The van der Waals surface area contributed by atoms with Crippen molar-refractivity contribution in [2.75, 3.05) is 0 Å². The van der Waals surface area contributed by atoms with E-state index < -0.39 is 4.92 Å². The molecule has 0 fully saturated rings. The molecular formula is C28H17N5O5. The second kappa shape index (κ2) is 9.43. The largest absolute Gasteiger partial charge is 0.453 e. The highest BCUT2D eigenvalue weighted by Crippen LogP contribution is 2.27. The smallest absolute Gasteiger partial charge is 0.287 e. The standard InChI is InChI=1S/C28H17N5O5/c34-28-22-9-2-3-10-23(22)31-27(25-15-19-7-1-4-11-24(19)38-25)32(28)30-16-18-6-5-8-21(14-18)37-26-13-12-20(17-29-26)33(35)36/h1-17H. The van der Waals surface area contributed by atoms with Gasteiger partial charge in [-0.15, -0.1) is 0 Å². The summed E-state index contributed by atoms with van der Waals surface area (Å²) >= 11 is 0. The van der Waals surface area contributed by atoms with Crippen molar-refractivity contribution in [3.63, 3.8) is 0 Å². The lowest BCUT2D eigenvalue weighted by molar-refractivity contribution is -0.385. The van der Waals surface area contributed by atoms with E-state index in [0.717, 1.165) is 11.6 Å². The zero-order chi connectivity index (χ0) is 26.1. The highest BCUT2D eigenvalue weighted by molar-refractivity contribution is 5.85. The molecule has 0 N–H and O–H groups in total. The van der Waals surface area contributed by atoms with Gasteiger partial charge in [0.15, 0.2) is 5.76 Å². The number of para-hydroxylation sites is 2. The third-order valence-electron chi connectivity index (χ3n) is 5.73. The Labute approximate surface area is 214 Å². The maximum atomic E-state index is 13.4. The summed E-state index contributed by atoms with van der Waals surface area (Å²) in [4.78, 5) is 32.4. The molecule has 0 amide bonds. The van der Waals surface area contributed by atoms with E-state index in [9.17, 15) is 14.9 Å². The van der Waals surface area contributed by atoms with Crippen molar-refractivity contribution in [3.05, 3.63) is 123 Å². The number of rotatable bonds is 6. The Kier molecular flexibility index (Phi) is 5.66. The van der Waals surface area contributed by atoms with Crippen molar-refractivity contribution in [1.29, 1.82) is 0 Å². The molecule has 10 nitrogen and oxygen atoms in total. The van der Waals surface area contributed by atoms with Gasteiger partial charge in [0.05, 0.1) is 22.0 Å². The number of hydrogen-bond acceptors (Lipinski definition) is 8. The molecule has 184 valence electrons. The molecule has 0 saturated heterocycles. The normalized spacial score (nSPS) is 11.4. The Bertz CT molecular complexity index is 1870. The molecule has 0 spiro atoms. The van der Waals surface area contributed by atoms with Crippen LogP contribution in [0.2, 0.25) is 0 Å². The van der Waals surface area contributed by atoms with Crippen molar-refractivity contribution >= 4 is 33.8 Å². The van der Waals surface area contributed by atoms with Gasteiger partial charge in [-0.1, -0.05) is 42.5 Å². The Balaban J connectivity index is 1.38. The van der Waals surface area contributed by atoms with Crippen LogP contribution in [-0.4, -0.2) is 25.8 Å². The molecule has 0 aliphatic rings. The van der Waals surface area contributed by atoms with Gasteiger partial charge in [0.1, 0.15) is 17.5 Å². The molecule has 38 heavy (non-hydrogen) atoms. The molecule has 6 rings (SSSR count). The van der Waals surface area contributed by atoms with Gasteiger partial charge in [0, 0.05) is 17.5 Å². The first kappa shape index (κ1) is 22.8. The van der Waals surface area contributed by atoms with Crippen molar-refractivity contribution in [1.82, 2.24) is 14.6 Å². The highest BCUT2D eigenvalue weighted by Gasteiger charge is 2.16. The number of pyridine rings is 1. The second-order valence-corrected chi connectivity index (χ2v) is 8.25. The number of hydrogen-bond donors (Lipinski definition) is 0. The van der Waals surface area contributed by atoms with Crippen molar-refractivity contribution in [3.8, 4) is 23.2 Å². The van der Waals surface area contributed by atoms with Crippen LogP contribution in [0.1, 0.15) is 5.56 Å². The number of nitrogens with zero attached hydrogens (tertiary/aromatic N) is 5. The first-order chi connectivity index (χ1) is 18.5. The quantitative estimate of drug-likeness (QED) is 0.160. The minimum Gasteiger partial charge on any atom is -0.453 e. The predicted octanol–water partition coefficient (Wildman–Crippen LogP) is 5.79. The van der Waals surface area contributed by atoms with Crippen molar-refractivity contribution in [2.24, 2.45) is 5.10 Å². The number of fused-ring (bicyclic) bond motifs is 2. The Morgan fingerprint density at radius 1 is 0.974 bits per heavy atom. The Morgan fingerprint density at radius 3 is 2.63 bits per heavy atom. The van der Waals surface area contributed by atoms with E-state index in [4.69, 9.17) is 9.15 Å². The van der Waals surface area contributed by atoms with Crippen LogP contribution in [0.5, 0.6) is 11.6 Å². The van der Waals surface area contributed by atoms with Crippen molar-refractivity contribution in [2.45, 2.75) is 0 Å². The monoisotopic (exact) mass is 503 g/mol. The summed E-state index contributed by atoms with van der Waals surface area (Å²) in [6.45, 7) is 0. The van der Waals surface area contributed by atoms with Crippen LogP contribution >= 0.6 is 0 Å². The molecule has 0 saturated carbocycles. The fourth-order valence-corrected chi connectivity index (χ4v) is 3.93. The summed E-state index contributed by atoms with van der Waals surface area (Å²) in [5, 5.41) is 16.6. The van der Waals surface area contributed by atoms with E-state index in [1.54, 1.807) is 42.5 Å². The molecule has 3 heterocycles. The number of ether oxygens (including phenoxy) is 1. The van der Waals surface area contributed by atoms with E-state index in [1.807, 2.05) is 36.4 Å². The molecule has 0 radical (unpaired) electrons. The zero-order valence-electron chi connectivity index (χ0n) is 19.6. The van der Waals surface area contributed by atoms with E-state index in [-0.39, 0.29) is 23.0 Å². The van der Waals surface area contributed by atoms with Gasteiger partial charge in [-0.05, 0) is 42.0 Å². The molecule has 6 aromatic rings. The lowest BCUT2D eigenvalue weighted by Crippen LogP contribution is -2.20. The van der Waals surface area contributed by atoms with Gasteiger partial charge < -0.3 is 9.15 Å². The highest BCUT2D eigenvalue weighted by atomic mass is 16.6. The maximum absolute atomic E-state index is 13.4. The number of benzene rings is 3. The summed E-state index contributed by atoms with van der Waals surface area (Å²) in [5.74, 6) is 1.32. The molecule has 0 aliphatic carbocycles. The zero-order valence-corrected chi connectivity index (χ0v) is 19.6. The van der Waals surface area contributed by atoms with Crippen LogP contribution < -0.4 is 10.3 Å². The molecule has 0 atom stereocenters. The van der Waals surface area contributed by atoms with E-state index in [2.05, 4.69) is 15.1 Å². The summed E-state index contributed by atoms with van der Waals surface area (Å²) < 4.78 is 12.9. The van der Waals surface area contributed by atoms with E-state index in [1.165, 1.54) is 23.0 Å². The van der Waals surface area contributed by atoms with Gasteiger partial charge in [0.2, 0.25) is 11.7 Å². The van der Waals surface area contributed by atoms with Gasteiger partial charge in [0.25, 0.3) is 11.2 Å². The fraction of sp³-hybridized carbons (Fsp3) is 0. The fourth-order valence-electron chi connectivity index (χ4n) is 3.93. The van der Waals surface area contributed by atoms with E-state index >= 15 is 0 Å². The van der Waals surface area contributed by atoms with Crippen LogP contribution in [0.4, 0.5) is 5.69 Å². The van der Waals surface area contributed by atoms with Gasteiger partial charge in [-0.3, -0.25) is 14.9 Å². The lowest BCUT2D eigenvalue weighted by Gasteiger charge is -2.08. The number of furan rings is 1. The predicted molar refractivity (Wildman–Crippen MR) is 142 cm³/mol. The summed E-state index contributed by atoms with van der Waals surface area (Å²) in [6.07, 6.45) is 2.64. The first-order valence-corrected chi connectivity index (χ1v) is 11.5. The van der Waals surface area contributed by atoms with Gasteiger partial charge >= 0.3 is 0 Å². The number of aromatic nitrogens is 3. The molecular weight excluding hydrogens is 486 g/mol. The maximum Gasteiger partial charge on any atom is 0.287 e. The minimum atomic E-state index is -0.531. The topological polar surface area (TPSA) is 126 Å². The van der Waals surface area contributed by atoms with Crippen molar-refractivity contribution < 1.29 is 14.1 Å². The SMILES string of the molecule is O=c1c2ccccc2nc(-c2cc3ccccc3o2)n1N=Cc1cccc(Oc2ccc([N+](=O)[O-])cn2)c1. The Hall–Kier alpha value is -5.64. The lowest BCUT2D eigenvalue weighted by atomic mass is 10.2. The van der Waals surface area contributed by atoms with Gasteiger partial charge in [-0.2, -0.15) is 9.78 Å². The summed E-state index contributed by atoms with van der Waals surface area (Å²) in [5.41, 5.74) is 1.37. The molecule has 0 aliphatic heterocycles. The summed E-state index contributed by atoms with van der Waals surface area (Å²) in [7, 11) is 0. The second-order valence-electron chi connectivity index (χ2n) is 8.25. The van der Waals surface area contributed by atoms with Crippen LogP contribution in [-0.2, 0) is 0 Å². The molecule has 3 aromatic heterocycles. The average molecular weight is 503 g/mol. The van der Waals surface area contributed by atoms with Crippen LogP contribution in [0.25, 0.3) is 33.5 Å². The molecule has 10 heteroatoms.